The third-order valence-electron chi connectivity index (χ3n) is 2.68. The molecule has 0 aliphatic carbocycles. The molecule has 0 heterocycles. The van der Waals surface area contributed by atoms with Gasteiger partial charge < -0.3 is 5.73 Å². The van der Waals surface area contributed by atoms with E-state index >= 15 is 0 Å². The van der Waals surface area contributed by atoms with Gasteiger partial charge in [0.05, 0.1) is 4.92 Å². The van der Waals surface area contributed by atoms with Crippen LogP contribution in [0.4, 0.5) is 11.4 Å². The van der Waals surface area contributed by atoms with Gasteiger partial charge in [0, 0.05) is 12.6 Å². The van der Waals surface area contributed by atoms with E-state index in [2.05, 4.69) is 18.7 Å². The Morgan fingerprint density at radius 3 is 2.59 bits per heavy atom. The fourth-order valence-electron chi connectivity index (χ4n) is 1.79. The molecule has 0 saturated carbocycles. The third kappa shape index (κ3) is 3.71. The average molecular weight is 237 g/mol. The molecule has 1 aromatic carbocycles. The summed E-state index contributed by atoms with van der Waals surface area (Å²) < 4.78 is 0. The third-order valence-corrected chi connectivity index (χ3v) is 2.68. The lowest BCUT2D eigenvalue weighted by Gasteiger charge is -2.19. The Kier molecular flexibility index (Phi) is 4.90. The molecule has 0 aromatic heterocycles. The van der Waals surface area contributed by atoms with E-state index in [0.717, 1.165) is 31.6 Å². The number of nitrogens with two attached hydrogens (primary N) is 1. The Labute approximate surface area is 101 Å². The molecule has 1 aromatic rings. The summed E-state index contributed by atoms with van der Waals surface area (Å²) in [6.07, 6.45) is 1.09. The molecular weight excluding hydrogens is 218 g/mol. The number of hydrogen-bond acceptors (Lipinski definition) is 4. The van der Waals surface area contributed by atoms with Crippen molar-refractivity contribution in [2.24, 2.45) is 0 Å². The van der Waals surface area contributed by atoms with Crippen molar-refractivity contribution < 1.29 is 4.92 Å². The summed E-state index contributed by atoms with van der Waals surface area (Å²) >= 11 is 0. The minimum atomic E-state index is -0.456. The van der Waals surface area contributed by atoms with Crippen LogP contribution in [-0.2, 0) is 6.54 Å². The molecule has 0 amide bonds. The van der Waals surface area contributed by atoms with Gasteiger partial charge in [-0.3, -0.25) is 15.0 Å². The minimum absolute atomic E-state index is 0.0210. The van der Waals surface area contributed by atoms with Crippen molar-refractivity contribution in [1.29, 1.82) is 0 Å². The summed E-state index contributed by atoms with van der Waals surface area (Å²) in [5, 5.41) is 10.6. The molecule has 5 nitrogen and oxygen atoms in total. The molecule has 0 fully saturated rings. The van der Waals surface area contributed by atoms with E-state index < -0.39 is 4.92 Å². The molecule has 5 heteroatoms. The van der Waals surface area contributed by atoms with E-state index in [-0.39, 0.29) is 11.4 Å². The Balaban J connectivity index is 2.79. The number of anilines is 1. The minimum Gasteiger partial charge on any atom is -0.393 e. The summed E-state index contributed by atoms with van der Waals surface area (Å²) in [6, 6.07) is 4.94. The molecule has 1 rings (SSSR count). The summed E-state index contributed by atoms with van der Waals surface area (Å²) in [5.74, 6) is 0. The topological polar surface area (TPSA) is 72.4 Å². The van der Waals surface area contributed by atoms with Crippen molar-refractivity contribution in [2.75, 3.05) is 18.8 Å². The fraction of sp³-hybridized carbons (Fsp3) is 0.500. The second-order valence-electron chi connectivity index (χ2n) is 4.02. The zero-order valence-corrected chi connectivity index (χ0v) is 10.3. The van der Waals surface area contributed by atoms with Crippen LogP contribution in [-0.4, -0.2) is 22.9 Å². The normalized spacial score (nSPS) is 10.8. The van der Waals surface area contributed by atoms with Crippen molar-refractivity contribution in [3.63, 3.8) is 0 Å². The van der Waals surface area contributed by atoms with Gasteiger partial charge in [-0.2, -0.15) is 0 Å². The van der Waals surface area contributed by atoms with E-state index in [1.54, 1.807) is 12.1 Å². The van der Waals surface area contributed by atoms with Gasteiger partial charge in [0.2, 0.25) is 0 Å². The fourth-order valence-corrected chi connectivity index (χ4v) is 1.79. The lowest BCUT2D eigenvalue weighted by atomic mass is 10.1. The molecule has 0 spiro atoms. The Morgan fingerprint density at radius 2 is 2.12 bits per heavy atom. The maximum absolute atomic E-state index is 10.6. The van der Waals surface area contributed by atoms with E-state index in [1.165, 1.54) is 6.07 Å². The van der Waals surface area contributed by atoms with Crippen molar-refractivity contribution in [2.45, 2.75) is 26.8 Å². The van der Waals surface area contributed by atoms with Gasteiger partial charge in [-0.1, -0.05) is 19.9 Å². The van der Waals surface area contributed by atoms with Crippen LogP contribution in [0.15, 0.2) is 18.2 Å². The monoisotopic (exact) mass is 237 g/mol. The maximum atomic E-state index is 10.6. The van der Waals surface area contributed by atoms with Gasteiger partial charge in [-0.05, 0) is 31.1 Å². The van der Waals surface area contributed by atoms with Gasteiger partial charge >= 0.3 is 0 Å². The maximum Gasteiger partial charge on any atom is 0.292 e. The molecule has 0 aliphatic heterocycles. The SMILES string of the molecule is CCCN(CC)Cc1ccc([N+](=O)[O-])c(N)c1. The van der Waals surface area contributed by atoms with Gasteiger partial charge in [-0.25, -0.2) is 0 Å². The zero-order chi connectivity index (χ0) is 12.8. The summed E-state index contributed by atoms with van der Waals surface area (Å²) in [5.41, 5.74) is 6.89. The molecule has 0 saturated heterocycles. The highest BCUT2D eigenvalue weighted by molar-refractivity contribution is 5.59. The first-order chi connectivity index (χ1) is 8.08. The zero-order valence-electron chi connectivity index (χ0n) is 10.3. The van der Waals surface area contributed by atoms with E-state index in [9.17, 15) is 10.1 Å². The summed E-state index contributed by atoms with van der Waals surface area (Å²) in [7, 11) is 0. The number of nitro benzene ring substituents is 1. The van der Waals surface area contributed by atoms with Crippen LogP contribution in [0.2, 0.25) is 0 Å². The van der Waals surface area contributed by atoms with Crippen LogP contribution in [0.5, 0.6) is 0 Å². The highest BCUT2D eigenvalue weighted by Crippen LogP contribution is 2.22. The quantitative estimate of drug-likeness (QED) is 0.468. The van der Waals surface area contributed by atoms with Gasteiger partial charge in [0.15, 0.2) is 0 Å². The highest BCUT2D eigenvalue weighted by atomic mass is 16.6. The van der Waals surface area contributed by atoms with Crippen LogP contribution in [0.25, 0.3) is 0 Å². The molecular formula is C12H19N3O2. The Bertz CT molecular complexity index is 393. The lowest BCUT2D eigenvalue weighted by Crippen LogP contribution is -2.23. The number of benzene rings is 1. The first-order valence-electron chi connectivity index (χ1n) is 5.83. The number of hydrogen-bond donors (Lipinski definition) is 1. The first kappa shape index (κ1) is 13.4. The molecule has 17 heavy (non-hydrogen) atoms. The summed E-state index contributed by atoms with van der Waals surface area (Å²) in [6.45, 7) is 7.00. The van der Waals surface area contributed by atoms with Crippen molar-refractivity contribution in [3.05, 3.63) is 33.9 Å². The molecule has 0 radical (unpaired) electrons. The van der Waals surface area contributed by atoms with Crippen molar-refractivity contribution in [1.82, 2.24) is 4.90 Å². The van der Waals surface area contributed by atoms with Crippen LogP contribution in [0, 0.1) is 10.1 Å². The smallest absolute Gasteiger partial charge is 0.292 e. The molecule has 0 aliphatic rings. The highest BCUT2D eigenvalue weighted by Gasteiger charge is 2.12. The predicted octanol–water partition coefficient (Wildman–Crippen LogP) is 2.41. The van der Waals surface area contributed by atoms with E-state index in [4.69, 9.17) is 5.73 Å². The van der Waals surface area contributed by atoms with E-state index in [1.807, 2.05) is 0 Å². The van der Waals surface area contributed by atoms with Crippen molar-refractivity contribution >= 4 is 11.4 Å². The number of nitro groups is 1. The van der Waals surface area contributed by atoms with Crippen molar-refractivity contribution in [3.8, 4) is 0 Å². The largest absolute Gasteiger partial charge is 0.393 e. The Hall–Kier alpha value is -1.62. The second kappa shape index (κ2) is 6.20. The Morgan fingerprint density at radius 1 is 1.41 bits per heavy atom. The molecule has 94 valence electrons. The number of nitrogen functional groups attached to an aromatic ring is 1. The molecule has 0 unspecified atom stereocenters. The second-order valence-corrected chi connectivity index (χ2v) is 4.02. The average Bonchev–Trinajstić information content (AvgIpc) is 2.28. The number of rotatable bonds is 6. The predicted molar refractivity (Wildman–Crippen MR) is 68.8 cm³/mol. The lowest BCUT2D eigenvalue weighted by molar-refractivity contribution is -0.383. The number of nitrogens with zero attached hydrogens (tertiary/aromatic N) is 2. The van der Waals surface area contributed by atoms with Crippen LogP contribution in [0.3, 0.4) is 0 Å². The van der Waals surface area contributed by atoms with Gasteiger partial charge in [0.1, 0.15) is 5.69 Å². The first-order valence-corrected chi connectivity index (χ1v) is 5.83. The molecule has 0 atom stereocenters. The molecule has 2 N–H and O–H groups in total. The van der Waals surface area contributed by atoms with Crippen LogP contribution < -0.4 is 5.73 Å². The summed E-state index contributed by atoms with van der Waals surface area (Å²) in [4.78, 5) is 12.5. The van der Waals surface area contributed by atoms with Crippen LogP contribution >= 0.6 is 0 Å². The van der Waals surface area contributed by atoms with Gasteiger partial charge in [-0.15, -0.1) is 0 Å². The van der Waals surface area contributed by atoms with E-state index in [0.29, 0.717) is 0 Å². The molecule has 0 bridgehead atoms. The van der Waals surface area contributed by atoms with Crippen LogP contribution in [0.1, 0.15) is 25.8 Å². The van der Waals surface area contributed by atoms with Gasteiger partial charge in [0.25, 0.3) is 5.69 Å². The standard InChI is InChI=1S/C12H19N3O2/c1-3-7-14(4-2)9-10-5-6-12(15(16)17)11(13)8-10/h5-6,8H,3-4,7,9,13H2,1-2H3.